The lowest BCUT2D eigenvalue weighted by atomic mass is 9.84. The molecule has 4 atom stereocenters. The molecule has 5 nitrogen and oxygen atoms in total. The fourth-order valence-corrected chi connectivity index (χ4v) is 6.70. The molecule has 27 heavy (non-hydrogen) atoms. The van der Waals surface area contributed by atoms with E-state index in [0.29, 0.717) is 5.06 Å². The average molecular weight is 490 g/mol. The van der Waals surface area contributed by atoms with E-state index in [-0.39, 0.29) is 15.6 Å². The zero-order chi connectivity index (χ0) is 19.9. The Hall–Kier alpha value is -0.690. The van der Waals surface area contributed by atoms with Gasteiger partial charge in [0.15, 0.2) is 4.33 Å². The second kappa shape index (κ2) is 5.91. The van der Waals surface area contributed by atoms with Gasteiger partial charge in [0.2, 0.25) is 0 Å². The number of halogens is 6. The topological polar surface area (TPSA) is 63.7 Å². The third-order valence-corrected chi connectivity index (χ3v) is 9.31. The molecule has 0 radical (unpaired) electrons. The molecule has 2 bridgehead atoms. The fourth-order valence-electron chi connectivity index (χ4n) is 3.77. The van der Waals surface area contributed by atoms with Gasteiger partial charge >= 0.3 is 5.97 Å². The van der Waals surface area contributed by atoms with Crippen LogP contribution in [0, 0.1) is 11.8 Å². The molecule has 1 saturated heterocycles. The van der Waals surface area contributed by atoms with Gasteiger partial charge in [0.05, 0.1) is 27.5 Å². The Morgan fingerprint density at radius 1 is 0.889 bits per heavy atom. The second-order valence-electron chi connectivity index (χ2n) is 6.30. The molecule has 2 fully saturated rings. The minimum Gasteiger partial charge on any atom is -0.325 e. The summed E-state index contributed by atoms with van der Waals surface area (Å²) in [7, 11) is 0. The highest BCUT2D eigenvalue weighted by atomic mass is 35.5. The molecule has 0 N–H and O–H groups in total. The van der Waals surface area contributed by atoms with E-state index in [4.69, 9.17) is 74.4 Å². The van der Waals surface area contributed by atoms with Gasteiger partial charge in [0.25, 0.3) is 11.8 Å². The third kappa shape index (κ3) is 2.08. The first kappa shape index (κ1) is 19.6. The summed E-state index contributed by atoms with van der Waals surface area (Å²) < 4.78 is -2.03. The number of hydrogen-bond acceptors (Lipinski definition) is 4. The van der Waals surface area contributed by atoms with Crippen molar-refractivity contribution in [3.05, 3.63) is 46.0 Å². The SMILES string of the molecule is O=C(ON1C(=O)[C@@H]2[C@H](C1=O)[C@@]1(Cl)C(Cl)=C(Cl)[C@@]2(Cl)C1(Cl)Cl)c1ccccc1. The van der Waals surface area contributed by atoms with Gasteiger partial charge in [0.1, 0.15) is 9.75 Å². The molecule has 1 saturated carbocycles. The van der Waals surface area contributed by atoms with E-state index in [1.807, 2.05) is 0 Å². The minimum absolute atomic E-state index is 0.137. The van der Waals surface area contributed by atoms with Crippen LogP contribution in [0.3, 0.4) is 0 Å². The average Bonchev–Trinajstić information content (AvgIpc) is 3.01. The van der Waals surface area contributed by atoms with Crippen molar-refractivity contribution in [2.45, 2.75) is 14.1 Å². The van der Waals surface area contributed by atoms with Crippen molar-refractivity contribution in [1.29, 1.82) is 0 Å². The summed E-state index contributed by atoms with van der Waals surface area (Å²) in [6.07, 6.45) is 0. The molecule has 1 aromatic rings. The van der Waals surface area contributed by atoms with Crippen LogP contribution in [0.1, 0.15) is 10.4 Å². The van der Waals surface area contributed by atoms with E-state index < -0.39 is 43.7 Å². The van der Waals surface area contributed by atoms with Crippen LogP contribution in [0.4, 0.5) is 0 Å². The number of hydrogen-bond donors (Lipinski definition) is 0. The lowest BCUT2D eigenvalue weighted by Gasteiger charge is -2.34. The molecule has 2 aliphatic carbocycles. The van der Waals surface area contributed by atoms with Gasteiger partial charge in [-0.3, -0.25) is 9.59 Å². The largest absolute Gasteiger partial charge is 0.363 e. The maximum Gasteiger partial charge on any atom is 0.363 e. The number of carbonyl (C=O) groups excluding carboxylic acids is 3. The quantitative estimate of drug-likeness (QED) is 0.461. The molecule has 0 aromatic heterocycles. The van der Waals surface area contributed by atoms with Crippen LogP contribution in [0.2, 0.25) is 0 Å². The molecular formula is C16H7Cl6NO4. The van der Waals surface area contributed by atoms with Gasteiger partial charge in [-0.25, -0.2) is 4.79 Å². The zero-order valence-electron chi connectivity index (χ0n) is 12.9. The summed E-state index contributed by atoms with van der Waals surface area (Å²) in [5.74, 6) is -5.47. The number of alkyl halides is 4. The Morgan fingerprint density at radius 3 is 1.78 bits per heavy atom. The zero-order valence-corrected chi connectivity index (χ0v) is 17.4. The highest BCUT2D eigenvalue weighted by Crippen LogP contribution is 2.77. The first-order valence-corrected chi connectivity index (χ1v) is 9.75. The van der Waals surface area contributed by atoms with Crippen molar-refractivity contribution in [3.8, 4) is 0 Å². The van der Waals surface area contributed by atoms with Gasteiger partial charge < -0.3 is 4.84 Å². The molecule has 11 heteroatoms. The molecule has 0 unspecified atom stereocenters. The lowest BCUT2D eigenvalue weighted by Crippen LogP contribution is -2.50. The Morgan fingerprint density at radius 2 is 1.33 bits per heavy atom. The van der Waals surface area contributed by atoms with Crippen LogP contribution in [-0.4, -0.2) is 36.9 Å². The highest BCUT2D eigenvalue weighted by Gasteiger charge is 2.88. The Bertz CT molecular complexity index is 888. The van der Waals surface area contributed by atoms with E-state index >= 15 is 0 Å². The first-order chi connectivity index (χ1) is 12.5. The molecule has 2 amide bonds. The molecule has 142 valence electrons. The smallest absolute Gasteiger partial charge is 0.325 e. The molecule has 4 rings (SSSR count). The van der Waals surface area contributed by atoms with Crippen molar-refractivity contribution < 1.29 is 19.2 Å². The van der Waals surface area contributed by atoms with E-state index in [1.165, 1.54) is 12.1 Å². The monoisotopic (exact) mass is 487 g/mol. The molecule has 1 heterocycles. The number of hydroxylamine groups is 2. The summed E-state index contributed by atoms with van der Waals surface area (Å²) in [5, 5.41) is -0.115. The molecule has 1 aromatic carbocycles. The van der Waals surface area contributed by atoms with Crippen molar-refractivity contribution in [2.75, 3.05) is 0 Å². The number of imide groups is 1. The number of amides is 2. The van der Waals surface area contributed by atoms with Crippen molar-refractivity contribution in [2.24, 2.45) is 11.8 Å². The number of carbonyl (C=O) groups is 3. The number of allylic oxidation sites excluding steroid dienone is 2. The summed E-state index contributed by atoms with van der Waals surface area (Å²) in [6.45, 7) is 0. The van der Waals surface area contributed by atoms with E-state index in [1.54, 1.807) is 18.2 Å². The summed E-state index contributed by atoms with van der Waals surface area (Å²) in [5.41, 5.74) is 0.137. The predicted octanol–water partition coefficient (Wildman–Crippen LogP) is 4.21. The Balaban J connectivity index is 1.74. The standard InChI is InChI=1S/C16H7Cl6NO4/c17-9-10(18)15(20)8-7(14(9,19)16(15,21)22)11(24)23(12(8)25)27-13(26)6-4-2-1-3-5-6/h1-5,7-8H/t7-,8+,14-,15-/m1/s1. The van der Waals surface area contributed by atoms with Gasteiger partial charge in [-0.05, 0) is 12.1 Å². The van der Waals surface area contributed by atoms with E-state index in [9.17, 15) is 14.4 Å². The summed E-state index contributed by atoms with van der Waals surface area (Å²) >= 11 is 38.1. The Labute approximate surface area is 183 Å². The maximum atomic E-state index is 12.9. The van der Waals surface area contributed by atoms with Crippen LogP contribution in [0.5, 0.6) is 0 Å². The van der Waals surface area contributed by atoms with Crippen molar-refractivity contribution >= 4 is 87.4 Å². The van der Waals surface area contributed by atoms with Gasteiger partial charge in [-0.15, -0.1) is 28.3 Å². The van der Waals surface area contributed by atoms with Crippen LogP contribution in [0.15, 0.2) is 40.4 Å². The van der Waals surface area contributed by atoms with Crippen molar-refractivity contribution in [1.82, 2.24) is 5.06 Å². The highest BCUT2D eigenvalue weighted by molar-refractivity contribution is 6.66. The van der Waals surface area contributed by atoms with Crippen LogP contribution in [-0.2, 0) is 14.4 Å². The predicted molar refractivity (Wildman–Crippen MR) is 101 cm³/mol. The van der Waals surface area contributed by atoms with Crippen LogP contribution >= 0.6 is 69.6 Å². The molecule has 3 aliphatic rings. The van der Waals surface area contributed by atoms with Gasteiger partial charge in [-0.2, -0.15) is 0 Å². The number of nitrogens with zero attached hydrogens (tertiary/aromatic N) is 1. The van der Waals surface area contributed by atoms with Gasteiger partial charge in [0, 0.05) is 0 Å². The summed E-state index contributed by atoms with van der Waals surface area (Å²) in [6, 6.07) is 7.80. The van der Waals surface area contributed by atoms with Crippen molar-refractivity contribution in [3.63, 3.8) is 0 Å². The maximum absolute atomic E-state index is 12.9. The first-order valence-electron chi connectivity index (χ1n) is 7.48. The molecule has 0 spiro atoms. The summed E-state index contributed by atoms with van der Waals surface area (Å²) in [4.78, 5) is 39.1. The lowest BCUT2D eigenvalue weighted by molar-refractivity contribution is -0.175. The molecular weight excluding hydrogens is 483 g/mol. The van der Waals surface area contributed by atoms with E-state index in [2.05, 4.69) is 0 Å². The third-order valence-electron chi connectivity index (χ3n) is 5.05. The molecule has 1 aliphatic heterocycles. The van der Waals surface area contributed by atoms with E-state index in [0.717, 1.165) is 0 Å². The van der Waals surface area contributed by atoms with Gasteiger partial charge in [-0.1, -0.05) is 64.6 Å². The Kier molecular flexibility index (Phi) is 4.29. The number of benzene rings is 1. The minimum atomic E-state index is -2.03. The fraction of sp³-hybridized carbons (Fsp3) is 0.312. The van der Waals surface area contributed by atoms with Crippen LogP contribution < -0.4 is 0 Å². The normalized spacial score (nSPS) is 36.4. The van der Waals surface area contributed by atoms with Crippen LogP contribution in [0.25, 0.3) is 0 Å². The number of fused-ring (bicyclic) bond motifs is 5. The second-order valence-corrected chi connectivity index (χ2v) is 9.57. The number of rotatable bonds is 2.